The lowest BCUT2D eigenvalue weighted by Gasteiger charge is -2.40. The smallest absolute Gasteiger partial charge is 0.347 e. The SMILES string of the molecule is CC(C)Cc1ccc(C(C)C(=O)Cc2ccc(OC(=O)CC(CO[N+](=O)[O-])O[N+](=O)[O-])c(C(=O)Oc3ccc(P4(=S)SP(=S)(c5ccc(O)cc5)S4)cc3)c2)cc1. The molecule has 0 aromatic heterocycles. The lowest BCUT2D eigenvalue weighted by molar-refractivity contribution is -0.789. The van der Waals surface area contributed by atoms with E-state index in [4.69, 9.17) is 33.1 Å². The number of carbonyl (C=O) groups excluding carboxylic acids is 3. The van der Waals surface area contributed by atoms with E-state index in [0.717, 1.165) is 28.2 Å². The minimum absolute atomic E-state index is 0.0772. The van der Waals surface area contributed by atoms with Crippen LogP contribution >= 0.6 is 30.9 Å². The first-order chi connectivity index (χ1) is 26.9. The third kappa shape index (κ3) is 11.9. The lowest BCUT2D eigenvalue weighted by atomic mass is 9.91. The highest BCUT2D eigenvalue weighted by molar-refractivity contribution is 9.48. The van der Waals surface area contributed by atoms with E-state index < -0.39 is 56.0 Å². The molecule has 0 bridgehead atoms. The van der Waals surface area contributed by atoms with E-state index >= 15 is 0 Å². The maximum absolute atomic E-state index is 13.7. The molecule has 1 N–H and O–H groups in total. The molecule has 0 amide bonds. The van der Waals surface area contributed by atoms with Gasteiger partial charge < -0.3 is 24.3 Å². The Morgan fingerprint density at radius 1 is 0.789 bits per heavy atom. The number of Topliss-reactive ketones (excluding diaryl/α,β-unsaturated/α-hetero) is 1. The Kier molecular flexibility index (Phi) is 14.6. The molecule has 0 saturated carbocycles. The molecule has 0 aliphatic carbocycles. The van der Waals surface area contributed by atoms with Crippen molar-refractivity contribution in [3.8, 4) is 17.2 Å². The number of phenolic OH excluding ortho intramolecular Hbond substituents is 1. The first-order valence-corrected chi connectivity index (χ1v) is 26.9. The molecule has 57 heavy (non-hydrogen) atoms. The fourth-order valence-electron chi connectivity index (χ4n) is 5.60. The van der Waals surface area contributed by atoms with Gasteiger partial charge in [-0.15, -0.1) is 20.2 Å². The number of nitrogens with zero attached hydrogens (tertiary/aromatic N) is 2. The van der Waals surface area contributed by atoms with Crippen LogP contribution in [0.25, 0.3) is 0 Å². The van der Waals surface area contributed by atoms with Gasteiger partial charge in [0.25, 0.3) is 10.2 Å². The van der Waals surface area contributed by atoms with Gasteiger partial charge in [0.1, 0.15) is 41.3 Å². The molecule has 4 aromatic carbocycles. The van der Waals surface area contributed by atoms with Crippen LogP contribution in [0.1, 0.15) is 60.2 Å². The second-order valence-electron chi connectivity index (χ2n) is 13.2. The summed E-state index contributed by atoms with van der Waals surface area (Å²) in [6, 6.07) is 25.5. The summed E-state index contributed by atoms with van der Waals surface area (Å²) in [6.07, 6.45) is -1.71. The van der Waals surface area contributed by atoms with Crippen molar-refractivity contribution in [2.24, 2.45) is 5.92 Å². The van der Waals surface area contributed by atoms with E-state index in [1.165, 1.54) is 18.2 Å². The monoisotopic (exact) mass is 890 g/mol. The fourth-order valence-corrected chi connectivity index (χ4v) is 47.9. The first-order valence-electron chi connectivity index (χ1n) is 17.2. The molecule has 1 aliphatic rings. The normalized spacial score (nSPS) is 18.4. The van der Waals surface area contributed by atoms with Crippen LogP contribution in [0.3, 0.4) is 0 Å². The van der Waals surface area contributed by atoms with Crippen molar-refractivity contribution in [2.75, 3.05) is 6.61 Å². The summed E-state index contributed by atoms with van der Waals surface area (Å²) < 4.78 is 6.89. The summed E-state index contributed by atoms with van der Waals surface area (Å²) in [4.78, 5) is 70.1. The number of benzene rings is 4. The second-order valence-corrected chi connectivity index (χ2v) is 34.5. The molecule has 4 aromatic rings. The second kappa shape index (κ2) is 19.0. The third-order valence-electron chi connectivity index (χ3n) is 8.43. The number of hydrogen-bond donors (Lipinski definition) is 1. The minimum Gasteiger partial charge on any atom is -0.508 e. The molecule has 300 valence electrons. The van der Waals surface area contributed by atoms with Crippen LogP contribution in [0.4, 0.5) is 0 Å². The number of esters is 2. The van der Waals surface area contributed by atoms with Crippen LogP contribution in [-0.4, -0.2) is 45.7 Å². The maximum atomic E-state index is 13.7. The predicted octanol–water partition coefficient (Wildman–Crippen LogP) is 7.86. The number of hydrogen-bond acceptors (Lipinski definition) is 16. The number of aromatic hydroxyl groups is 1. The topological polar surface area (TPSA) is 195 Å². The Morgan fingerprint density at radius 3 is 1.93 bits per heavy atom. The van der Waals surface area contributed by atoms with Crippen molar-refractivity contribution in [3.63, 3.8) is 0 Å². The fraction of sp³-hybridized carbons (Fsp3) is 0.270. The minimum atomic E-state index is -2.15. The largest absolute Gasteiger partial charge is 0.508 e. The highest BCUT2D eigenvalue weighted by atomic mass is 33.7. The molecule has 1 fully saturated rings. The van der Waals surface area contributed by atoms with Crippen molar-refractivity contribution in [1.29, 1.82) is 0 Å². The van der Waals surface area contributed by atoms with E-state index in [2.05, 4.69) is 23.5 Å². The quantitative estimate of drug-likeness (QED) is 0.0333. The summed E-state index contributed by atoms with van der Waals surface area (Å²) in [6.45, 7) is 5.11. The van der Waals surface area contributed by atoms with E-state index in [1.54, 1.807) is 65.3 Å². The molecule has 14 nitrogen and oxygen atoms in total. The van der Waals surface area contributed by atoms with Crippen LogP contribution in [0, 0.1) is 26.1 Å². The van der Waals surface area contributed by atoms with Gasteiger partial charge in [0, 0.05) is 22.9 Å². The molecule has 2 unspecified atom stereocenters. The van der Waals surface area contributed by atoms with Gasteiger partial charge in [0.15, 0.2) is 0 Å². The van der Waals surface area contributed by atoms with Gasteiger partial charge in [-0.2, -0.15) is 0 Å². The standard InChI is InChI=1S/C37H36N2O12P2S4/c1-23(2)18-25-4-7-27(8-5-25)24(3)34(41)20-26-6-17-35(50-36(42)21-30(51-39(46)47)22-48-38(44)45)33(19-26)37(43)49-29-11-15-32(16-12-29)53(55)56-52(54,57-53)31-13-9-28(40)10-14-31/h4-17,19,23-24,30,40H,18,20-22H2,1-3H3. The van der Waals surface area contributed by atoms with Crippen LogP contribution in [-0.2, 0) is 55.7 Å². The number of ether oxygens (including phenoxy) is 2. The number of phenols is 1. The van der Waals surface area contributed by atoms with Crippen molar-refractivity contribution >= 4 is 82.8 Å². The average molecular weight is 891 g/mol. The highest BCUT2D eigenvalue weighted by Gasteiger charge is 2.46. The number of carbonyl (C=O) groups is 3. The van der Waals surface area contributed by atoms with Crippen molar-refractivity contribution in [1.82, 2.24) is 0 Å². The molecule has 0 spiro atoms. The van der Waals surface area contributed by atoms with E-state index in [0.29, 0.717) is 11.5 Å². The predicted molar refractivity (Wildman–Crippen MR) is 226 cm³/mol. The van der Waals surface area contributed by atoms with Crippen molar-refractivity contribution in [2.45, 2.75) is 52.1 Å². The Morgan fingerprint density at radius 2 is 1.37 bits per heavy atom. The van der Waals surface area contributed by atoms with Gasteiger partial charge in [-0.3, -0.25) is 9.59 Å². The maximum Gasteiger partial charge on any atom is 0.347 e. The Hall–Kier alpha value is -4.31. The zero-order valence-electron chi connectivity index (χ0n) is 30.6. The molecular formula is C37H36N2O12P2S4. The summed E-state index contributed by atoms with van der Waals surface area (Å²) in [5.74, 6) is -2.20. The number of rotatable bonds is 18. The van der Waals surface area contributed by atoms with Crippen LogP contribution in [0.2, 0.25) is 0 Å². The third-order valence-corrected chi connectivity index (χ3v) is 39.7. The Balaban J connectivity index is 1.34. The summed E-state index contributed by atoms with van der Waals surface area (Å²) in [7, 11) is 0. The summed E-state index contributed by atoms with van der Waals surface area (Å²) in [5.41, 5.74) is 2.18. The summed E-state index contributed by atoms with van der Waals surface area (Å²) in [5, 5.41) is 30.6. The van der Waals surface area contributed by atoms with Crippen LogP contribution < -0.4 is 20.1 Å². The molecule has 1 aliphatic heterocycles. The molecular weight excluding hydrogens is 855 g/mol. The molecule has 0 radical (unpaired) electrons. The van der Waals surface area contributed by atoms with E-state index in [-0.39, 0.29) is 35.0 Å². The van der Waals surface area contributed by atoms with Gasteiger partial charge in [0.05, 0.1) is 15.3 Å². The zero-order valence-corrected chi connectivity index (χ0v) is 35.6. The Bertz CT molecular complexity index is 2240. The molecule has 1 saturated heterocycles. The van der Waals surface area contributed by atoms with Crippen LogP contribution in [0.5, 0.6) is 17.2 Å². The van der Waals surface area contributed by atoms with Gasteiger partial charge >= 0.3 is 11.9 Å². The van der Waals surface area contributed by atoms with Crippen molar-refractivity contribution in [3.05, 3.63) is 133 Å². The zero-order chi connectivity index (χ0) is 41.5. The van der Waals surface area contributed by atoms with E-state index in [9.17, 15) is 39.7 Å². The molecule has 20 heteroatoms. The van der Waals surface area contributed by atoms with Gasteiger partial charge in [-0.1, -0.05) is 96.7 Å². The van der Waals surface area contributed by atoms with E-state index in [1.807, 2.05) is 36.4 Å². The lowest BCUT2D eigenvalue weighted by Crippen LogP contribution is -2.29. The van der Waals surface area contributed by atoms with Crippen LogP contribution in [0.15, 0.2) is 91.0 Å². The van der Waals surface area contributed by atoms with Gasteiger partial charge in [-0.25, -0.2) is 4.79 Å². The summed E-state index contributed by atoms with van der Waals surface area (Å²) >= 11 is 15.2. The van der Waals surface area contributed by atoms with Gasteiger partial charge in [-0.05, 0) is 89.7 Å². The highest BCUT2D eigenvalue weighted by Crippen LogP contribution is 3.04. The Labute approximate surface area is 345 Å². The molecule has 1 heterocycles. The van der Waals surface area contributed by atoms with Gasteiger partial charge in [0.2, 0.25) is 0 Å². The first kappa shape index (κ1) is 43.8. The van der Waals surface area contributed by atoms with Crippen molar-refractivity contribution < 1.29 is 48.8 Å². The molecule has 2 atom stereocenters. The molecule has 5 rings (SSSR count). The average Bonchev–Trinajstić information content (AvgIpc) is 3.13. The number of ketones is 1.